The summed E-state index contributed by atoms with van der Waals surface area (Å²) in [4.78, 5) is 2.37. The van der Waals surface area contributed by atoms with Gasteiger partial charge in [0.25, 0.3) is 0 Å². The van der Waals surface area contributed by atoms with Gasteiger partial charge in [-0.15, -0.1) is 0 Å². The van der Waals surface area contributed by atoms with Crippen LogP contribution in [-0.4, -0.2) is 18.5 Å². The molecular formula is C19H18F3N. The van der Waals surface area contributed by atoms with Crippen molar-refractivity contribution in [2.75, 3.05) is 13.6 Å². The summed E-state index contributed by atoms with van der Waals surface area (Å²) in [6.07, 6.45) is -1.99. The maximum absolute atomic E-state index is 12.8. The lowest BCUT2D eigenvalue weighted by atomic mass is 9.93. The lowest BCUT2D eigenvalue weighted by Gasteiger charge is -2.30. The van der Waals surface area contributed by atoms with Crippen molar-refractivity contribution < 1.29 is 13.2 Å². The highest BCUT2D eigenvalue weighted by molar-refractivity contribution is 5.71. The number of piperidine rings is 1. The smallest absolute Gasteiger partial charge is 0.299 e. The quantitative estimate of drug-likeness (QED) is 0.695. The fourth-order valence-corrected chi connectivity index (χ4v) is 4.10. The fraction of sp³-hybridized carbons (Fsp3) is 0.368. The molecule has 0 radical (unpaired) electrons. The second-order valence-corrected chi connectivity index (χ2v) is 6.60. The summed E-state index contributed by atoms with van der Waals surface area (Å²) in [6.45, 7) is 1.08. The van der Waals surface area contributed by atoms with E-state index in [1.165, 1.54) is 23.3 Å². The molecule has 2 bridgehead atoms. The second kappa shape index (κ2) is 5.10. The number of fused-ring (bicyclic) bond motifs is 5. The van der Waals surface area contributed by atoms with Crippen LogP contribution in [0.15, 0.2) is 42.5 Å². The molecule has 1 aliphatic heterocycles. The first-order valence-electron chi connectivity index (χ1n) is 7.96. The van der Waals surface area contributed by atoms with Crippen molar-refractivity contribution in [1.29, 1.82) is 0 Å². The number of hydrogen-bond donors (Lipinski definition) is 0. The van der Waals surface area contributed by atoms with Crippen molar-refractivity contribution >= 4 is 0 Å². The predicted octanol–water partition coefficient (Wildman–Crippen LogP) is 5.24. The lowest BCUT2D eigenvalue weighted by molar-refractivity contribution is -0.137. The molecule has 2 atom stereocenters. The monoisotopic (exact) mass is 317 g/mol. The number of rotatable bonds is 1. The Morgan fingerprint density at radius 3 is 2.48 bits per heavy atom. The van der Waals surface area contributed by atoms with E-state index in [1.54, 1.807) is 12.1 Å². The Hall–Kier alpha value is -1.81. The molecule has 2 aromatic rings. The summed E-state index contributed by atoms with van der Waals surface area (Å²) in [7, 11) is 2.14. The van der Waals surface area contributed by atoms with E-state index in [9.17, 15) is 13.2 Å². The van der Waals surface area contributed by atoms with Gasteiger partial charge < -0.3 is 0 Å². The van der Waals surface area contributed by atoms with E-state index in [1.807, 2.05) is 12.1 Å². The topological polar surface area (TPSA) is 3.24 Å². The molecule has 1 saturated heterocycles. The zero-order chi connectivity index (χ0) is 16.2. The summed E-state index contributed by atoms with van der Waals surface area (Å²) in [5.74, 6) is 0.598. The van der Waals surface area contributed by atoms with E-state index in [0.29, 0.717) is 12.0 Å². The fourth-order valence-electron chi connectivity index (χ4n) is 4.10. The molecule has 2 aliphatic rings. The third-order valence-electron chi connectivity index (χ3n) is 5.31. The predicted molar refractivity (Wildman–Crippen MR) is 84.2 cm³/mol. The maximum Gasteiger partial charge on any atom is 0.416 e. The van der Waals surface area contributed by atoms with Crippen LogP contribution in [0.1, 0.15) is 41.5 Å². The third-order valence-corrected chi connectivity index (χ3v) is 5.31. The van der Waals surface area contributed by atoms with Crippen LogP contribution in [0.2, 0.25) is 0 Å². The Labute approximate surface area is 133 Å². The van der Waals surface area contributed by atoms with Crippen LogP contribution in [0.4, 0.5) is 13.2 Å². The van der Waals surface area contributed by atoms with Crippen LogP contribution in [0.25, 0.3) is 11.1 Å². The molecule has 1 heterocycles. The molecule has 0 aromatic heterocycles. The van der Waals surface area contributed by atoms with Gasteiger partial charge in [0.15, 0.2) is 0 Å². The largest absolute Gasteiger partial charge is 0.416 e. The molecule has 1 aliphatic carbocycles. The van der Waals surface area contributed by atoms with Crippen LogP contribution in [-0.2, 0) is 6.18 Å². The molecule has 2 aromatic carbocycles. The van der Waals surface area contributed by atoms with Crippen LogP contribution in [0.5, 0.6) is 0 Å². The lowest BCUT2D eigenvalue weighted by Crippen LogP contribution is -2.28. The summed E-state index contributed by atoms with van der Waals surface area (Å²) in [5.41, 5.74) is 4.06. The van der Waals surface area contributed by atoms with E-state index >= 15 is 0 Å². The van der Waals surface area contributed by atoms with Crippen molar-refractivity contribution in [2.45, 2.75) is 31.0 Å². The summed E-state index contributed by atoms with van der Waals surface area (Å²) in [6, 6.07) is 12.2. The number of alkyl halides is 3. The minimum Gasteiger partial charge on any atom is -0.299 e. The third kappa shape index (κ3) is 2.36. The van der Waals surface area contributed by atoms with Gasteiger partial charge in [0.1, 0.15) is 0 Å². The standard InChI is InChI=1S/C19H18F3N/c1-23-10-9-13-11-17(23)18-15(3-2-4-16(13)18)12-5-7-14(8-6-12)19(20,21)22/h2-8,13,17H,9-11H2,1H3/t13-,17-/m1/s1. The zero-order valence-electron chi connectivity index (χ0n) is 12.9. The Kier molecular flexibility index (Phi) is 3.27. The van der Waals surface area contributed by atoms with E-state index in [4.69, 9.17) is 0 Å². The first-order chi connectivity index (χ1) is 10.9. The SMILES string of the molecule is CN1CC[C@@H]2C[C@@H]1c1c(-c3ccc(C(F)(F)F)cc3)cccc12. The number of nitrogens with zero attached hydrogens (tertiary/aromatic N) is 1. The zero-order valence-corrected chi connectivity index (χ0v) is 12.9. The van der Waals surface area contributed by atoms with Crippen LogP contribution >= 0.6 is 0 Å². The molecule has 0 amide bonds. The molecule has 1 nitrogen and oxygen atoms in total. The highest BCUT2D eigenvalue weighted by atomic mass is 19.4. The Bertz CT molecular complexity index is 733. The second-order valence-electron chi connectivity index (χ2n) is 6.60. The summed E-state index contributed by atoms with van der Waals surface area (Å²) >= 11 is 0. The first kappa shape index (κ1) is 14.8. The van der Waals surface area contributed by atoms with Gasteiger partial charge in [-0.2, -0.15) is 13.2 Å². The molecular weight excluding hydrogens is 299 g/mol. The highest BCUT2D eigenvalue weighted by Gasteiger charge is 2.38. The normalized spacial score (nSPS) is 23.8. The Morgan fingerprint density at radius 2 is 1.78 bits per heavy atom. The highest BCUT2D eigenvalue weighted by Crippen LogP contribution is 2.51. The molecule has 0 unspecified atom stereocenters. The molecule has 23 heavy (non-hydrogen) atoms. The van der Waals surface area contributed by atoms with Gasteiger partial charge in [-0.25, -0.2) is 0 Å². The molecule has 0 saturated carbocycles. The number of benzene rings is 2. The van der Waals surface area contributed by atoms with Gasteiger partial charge >= 0.3 is 6.18 Å². The van der Waals surface area contributed by atoms with Crippen LogP contribution < -0.4 is 0 Å². The van der Waals surface area contributed by atoms with E-state index in [0.717, 1.165) is 30.5 Å². The van der Waals surface area contributed by atoms with Gasteiger partial charge in [-0.1, -0.05) is 30.3 Å². The summed E-state index contributed by atoms with van der Waals surface area (Å²) < 4.78 is 38.3. The van der Waals surface area contributed by atoms with Crippen molar-refractivity contribution in [1.82, 2.24) is 4.90 Å². The van der Waals surface area contributed by atoms with Crippen LogP contribution in [0, 0.1) is 0 Å². The molecule has 0 spiro atoms. The van der Waals surface area contributed by atoms with E-state index < -0.39 is 11.7 Å². The van der Waals surface area contributed by atoms with E-state index in [2.05, 4.69) is 18.0 Å². The van der Waals surface area contributed by atoms with Crippen molar-refractivity contribution in [3.05, 3.63) is 59.2 Å². The summed E-state index contributed by atoms with van der Waals surface area (Å²) in [5, 5.41) is 0. The number of likely N-dealkylation sites (tertiary alicyclic amines) is 1. The number of hydrogen-bond acceptors (Lipinski definition) is 1. The Balaban J connectivity index is 1.80. The molecule has 4 heteroatoms. The number of halogens is 3. The van der Waals surface area contributed by atoms with Gasteiger partial charge in [-0.05, 0) is 66.7 Å². The minimum atomic E-state index is -4.28. The average molecular weight is 317 g/mol. The van der Waals surface area contributed by atoms with Crippen molar-refractivity contribution in [3.63, 3.8) is 0 Å². The van der Waals surface area contributed by atoms with Crippen molar-refractivity contribution in [2.24, 2.45) is 0 Å². The maximum atomic E-state index is 12.8. The minimum absolute atomic E-state index is 0.391. The van der Waals surface area contributed by atoms with Crippen LogP contribution in [0.3, 0.4) is 0 Å². The molecule has 1 fully saturated rings. The van der Waals surface area contributed by atoms with E-state index in [-0.39, 0.29) is 0 Å². The molecule has 120 valence electrons. The van der Waals surface area contributed by atoms with Crippen molar-refractivity contribution in [3.8, 4) is 11.1 Å². The Morgan fingerprint density at radius 1 is 1.04 bits per heavy atom. The van der Waals surface area contributed by atoms with Gasteiger partial charge in [-0.3, -0.25) is 4.90 Å². The average Bonchev–Trinajstić information content (AvgIpc) is 2.85. The van der Waals surface area contributed by atoms with Gasteiger partial charge in [0.05, 0.1) is 5.56 Å². The molecule has 4 rings (SSSR count). The first-order valence-corrected chi connectivity index (χ1v) is 7.96. The van der Waals surface area contributed by atoms with Gasteiger partial charge in [0.2, 0.25) is 0 Å². The molecule has 0 N–H and O–H groups in total. The van der Waals surface area contributed by atoms with Gasteiger partial charge in [0, 0.05) is 6.04 Å².